The standard InChI is InChI=1S/C23H29N5O5.C2H6/c1-23(2)10-9-13-7-8-14(11-15(13)23)33-22-24-16(12-32-22)18(29)25-17-19(30-5)26-21(28(3)4)27-20(17)31-6;1-2/h7-8,11-12,21,26H,9-10H2,1-6H3,(H,25,29);1-2H3. The Bertz CT molecular complexity index is 1120. The molecular formula is C25H35N5O5. The molecule has 1 aliphatic heterocycles. The third-order valence-corrected chi connectivity index (χ3v) is 5.82. The van der Waals surface area contributed by atoms with Crippen molar-refractivity contribution >= 4 is 11.8 Å². The quantitative estimate of drug-likeness (QED) is 0.637. The molecule has 0 spiro atoms. The van der Waals surface area contributed by atoms with Crippen LogP contribution in [0.1, 0.15) is 55.7 Å². The van der Waals surface area contributed by atoms with Crippen LogP contribution in [-0.4, -0.2) is 56.3 Å². The highest BCUT2D eigenvalue weighted by atomic mass is 16.6. The molecule has 2 aliphatic rings. The molecule has 1 aromatic heterocycles. The molecule has 1 aromatic carbocycles. The van der Waals surface area contributed by atoms with Crippen molar-refractivity contribution in [2.45, 2.75) is 52.2 Å². The van der Waals surface area contributed by atoms with Gasteiger partial charge < -0.3 is 29.3 Å². The first-order chi connectivity index (χ1) is 16.7. The summed E-state index contributed by atoms with van der Waals surface area (Å²) in [6.45, 7) is 8.44. The zero-order valence-electron chi connectivity index (χ0n) is 21.7. The van der Waals surface area contributed by atoms with Gasteiger partial charge in [0.1, 0.15) is 12.0 Å². The van der Waals surface area contributed by atoms with Crippen LogP contribution in [0.3, 0.4) is 0 Å². The van der Waals surface area contributed by atoms with Crippen molar-refractivity contribution in [2.75, 3.05) is 28.3 Å². The third-order valence-electron chi connectivity index (χ3n) is 5.82. The van der Waals surface area contributed by atoms with Crippen LogP contribution in [0.4, 0.5) is 0 Å². The largest absolute Gasteiger partial charge is 0.481 e. The minimum absolute atomic E-state index is 0.0214. The third kappa shape index (κ3) is 5.59. The fourth-order valence-corrected chi connectivity index (χ4v) is 3.90. The Morgan fingerprint density at radius 3 is 2.63 bits per heavy atom. The van der Waals surface area contributed by atoms with Gasteiger partial charge in [-0.3, -0.25) is 9.69 Å². The number of oxazole rings is 1. The summed E-state index contributed by atoms with van der Waals surface area (Å²) in [7, 11) is 6.66. The number of carbonyl (C=O) groups excluding carboxylic acids is 1. The Kier molecular flexibility index (Phi) is 8.06. The molecule has 0 fully saturated rings. The Morgan fingerprint density at radius 2 is 1.97 bits per heavy atom. The number of aliphatic imine (C=N–C) groups is 1. The van der Waals surface area contributed by atoms with Gasteiger partial charge in [-0.05, 0) is 55.6 Å². The van der Waals surface area contributed by atoms with Gasteiger partial charge in [-0.2, -0.15) is 4.98 Å². The molecule has 1 aliphatic carbocycles. The van der Waals surface area contributed by atoms with E-state index in [1.54, 1.807) is 0 Å². The molecule has 0 saturated carbocycles. The second kappa shape index (κ2) is 10.8. The van der Waals surface area contributed by atoms with Crippen molar-refractivity contribution < 1.29 is 23.4 Å². The van der Waals surface area contributed by atoms with E-state index in [0.717, 1.165) is 12.8 Å². The summed E-state index contributed by atoms with van der Waals surface area (Å²) in [5.41, 5.74) is 2.99. The zero-order chi connectivity index (χ0) is 25.8. The minimum Gasteiger partial charge on any atom is -0.481 e. The topological polar surface area (TPSA) is 110 Å². The van der Waals surface area contributed by atoms with Gasteiger partial charge in [-0.25, -0.2) is 4.99 Å². The number of methoxy groups -OCH3 is 2. The van der Waals surface area contributed by atoms with E-state index in [1.807, 2.05) is 45.0 Å². The molecule has 10 nitrogen and oxygen atoms in total. The first-order valence-electron chi connectivity index (χ1n) is 11.6. The summed E-state index contributed by atoms with van der Waals surface area (Å²) in [4.78, 5) is 23.2. The number of hydrogen-bond donors (Lipinski definition) is 2. The molecule has 10 heteroatoms. The number of amides is 1. The zero-order valence-corrected chi connectivity index (χ0v) is 21.7. The van der Waals surface area contributed by atoms with Gasteiger partial charge in [0.2, 0.25) is 11.8 Å². The first kappa shape index (κ1) is 26.1. The summed E-state index contributed by atoms with van der Waals surface area (Å²) in [6, 6.07) is 5.96. The van der Waals surface area contributed by atoms with Gasteiger partial charge in [-0.1, -0.05) is 33.8 Å². The fraction of sp³-hybridized carbons (Fsp3) is 0.480. The molecule has 0 saturated heterocycles. The van der Waals surface area contributed by atoms with Crippen molar-refractivity contribution in [3.05, 3.63) is 52.9 Å². The molecular weight excluding hydrogens is 450 g/mol. The van der Waals surface area contributed by atoms with Crippen molar-refractivity contribution in [1.82, 2.24) is 20.5 Å². The van der Waals surface area contributed by atoms with E-state index in [2.05, 4.69) is 40.5 Å². The van der Waals surface area contributed by atoms with Crippen molar-refractivity contribution in [1.29, 1.82) is 0 Å². The molecule has 190 valence electrons. The monoisotopic (exact) mass is 485 g/mol. The van der Waals surface area contributed by atoms with Crippen LogP contribution in [0.25, 0.3) is 0 Å². The number of rotatable bonds is 6. The van der Waals surface area contributed by atoms with Gasteiger partial charge in [-0.15, -0.1) is 0 Å². The number of aromatic nitrogens is 1. The number of hydrogen-bond acceptors (Lipinski definition) is 9. The maximum atomic E-state index is 12.8. The van der Waals surface area contributed by atoms with Crippen molar-refractivity contribution in [3.63, 3.8) is 0 Å². The van der Waals surface area contributed by atoms with Crippen LogP contribution >= 0.6 is 0 Å². The molecule has 2 N–H and O–H groups in total. The molecule has 2 aromatic rings. The summed E-state index contributed by atoms with van der Waals surface area (Å²) >= 11 is 0. The predicted molar refractivity (Wildman–Crippen MR) is 132 cm³/mol. The molecule has 4 rings (SSSR count). The van der Waals surface area contributed by atoms with Crippen LogP contribution in [0.2, 0.25) is 0 Å². The van der Waals surface area contributed by atoms with Gasteiger partial charge in [0.25, 0.3) is 5.91 Å². The molecule has 1 amide bonds. The van der Waals surface area contributed by atoms with E-state index in [-0.39, 0.29) is 28.8 Å². The van der Waals surface area contributed by atoms with E-state index in [1.165, 1.54) is 31.6 Å². The number of aryl methyl sites for hydroxylation is 1. The van der Waals surface area contributed by atoms with Crippen LogP contribution in [0.15, 0.2) is 45.5 Å². The maximum Gasteiger partial charge on any atom is 0.399 e. The Hall–Kier alpha value is -3.53. The van der Waals surface area contributed by atoms with Crippen LogP contribution in [0, 0.1) is 0 Å². The average molecular weight is 486 g/mol. The van der Waals surface area contributed by atoms with Gasteiger partial charge in [0, 0.05) is 0 Å². The summed E-state index contributed by atoms with van der Waals surface area (Å²) in [5, 5.41) is 5.79. The molecule has 0 radical (unpaired) electrons. The van der Waals surface area contributed by atoms with Crippen LogP contribution in [-0.2, 0) is 21.3 Å². The van der Waals surface area contributed by atoms with Crippen molar-refractivity contribution in [3.8, 4) is 11.8 Å². The van der Waals surface area contributed by atoms with E-state index < -0.39 is 12.2 Å². The average Bonchev–Trinajstić information content (AvgIpc) is 3.44. The van der Waals surface area contributed by atoms with Gasteiger partial charge >= 0.3 is 6.08 Å². The highest BCUT2D eigenvalue weighted by Crippen LogP contribution is 2.40. The number of ether oxygens (including phenoxy) is 3. The van der Waals surface area contributed by atoms with Crippen LogP contribution < -0.4 is 15.4 Å². The van der Waals surface area contributed by atoms with Gasteiger partial charge in [0.05, 0.1) is 14.2 Å². The SMILES string of the molecule is CC.COC1=NC(N(C)C)NC(OC)=C1NC(=O)c1coc(Oc2ccc3c(c2)C(C)(C)CC3)n1. The highest BCUT2D eigenvalue weighted by molar-refractivity contribution is 6.02. The fourth-order valence-electron chi connectivity index (χ4n) is 3.90. The number of nitrogens with one attached hydrogen (secondary N) is 2. The van der Waals surface area contributed by atoms with Crippen molar-refractivity contribution in [2.24, 2.45) is 4.99 Å². The lowest BCUT2D eigenvalue weighted by atomic mass is 9.86. The summed E-state index contributed by atoms with van der Waals surface area (Å²) < 4.78 is 21.9. The maximum absolute atomic E-state index is 12.8. The predicted octanol–water partition coefficient (Wildman–Crippen LogP) is 3.76. The number of nitrogens with zero attached hydrogens (tertiary/aromatic N) is 3. The second-order valence-electron chi connectivity index (χ2n) is 8.79. The lowest BCUT2D eigenvalue weighted by Crippen LogP contribution is -2.47. The van der Waals surface area contributed by atoms with E-state index >= 15 is 0 Å². The minimum atomic E-state index is -0.525. The molecule has 2 heterocycles. The smallest absolute Gasteiger partial charge is 0.399 e. The number of carbonyl (C=O) groups is 1. The second-order valence-corrected chi connectivity index (χ2v) is 8.79. The normalized spacial score (nSPS) is 18.1. The Labute approximate surface area is 206 Å². The molecule has 1 atom stereocenters. The van der Waals surface area contributed by atoms with E-state index in [9.17, 15) is 4.79 Å². The van der Waals surface area contributed by atoms with Gasteiger partial charge in [0.15, 0.2) is 17.7 Å². The molecule has 35 heavy (non-hydrogen) atoms. The van der Waals surface area contributed by atoms with E-state index in [4.69, 9.17) is 18.6 Å². The molecule has 1 unspecified atom stereocenters. The lowest BCUT2D eigenvalue weighted by molar-refractivity contribution is 0.0954. The Balaban J connectivity index is 0.00000167. The Morgan fingerprint density at radius 1 is 1.23 bits per heavy atom. The number of fused-ring (bicyclic) bond motifs is 1. The summed E-state index contributed by atoms with van der Waals surface area (Å²) in [6.07, 6.45) is 2.97. The lowest BCUT2D eigenvalue weighted by Gasteiger charge is -2.29. The number of benzene rings is 1. The summed E-state index contributed by atoms with van der Waals surface area (Å²) in [5.74, 6) is 0.623. The van der Waals surface area contributed by atoms with E-state index in [0.29, 0.717) is 11.6 Å². The first-order valence-corrected chi connectivity index (χ1v) is 11.6. The van der Waals surface area contributed by atoms with Crippen LogP contribution in [0.5, 0.6) is 11.8 Å². The molecule has 0 bridgehead atoms. The highest BCUT2D eigenvalue weighted by Gasteiger charge is 2.31.